The number of benzene rings is 10. The van der Waals surface area contributed by atoms with Crippen LogP contribution in [0, 0.1) is 23.7 Å². The normalized spacial score (nSPS) is 20.4. The molecule has 1 heterocycles. The first-order valence-electron chi connectivity index (χ1n) is 26.6. The molecule has 4 saturated carbocycles. The third-order valence-electron chi connectivity index (χ3n) is 18.0. The molecule has 4 fully saturated rings. The van der Waals surface area contributed by atoms with Crippen LogP contribution < -0.4 is 25.6 Å². The van der Waals surface area contributed by atoms with Gasteiger partial charge in [0.15, 0.2) is 8.07 Å². The molecule has 5 aliphatic carbocycles. The zero-order chi connectivity index (χ0) is 48.1. The van der Waals surface area contributed by atoms with Crippen LogP contribution in [0.2, 0.25) is 0 Å². The molecule has 16 rings (SSSR count). The Morgan fingerprint density at radius 1 is 0.342 bits per heavy atom. The van der Waals surface area contributed by atoms with E-state index in [4.69, 9.17) is 4.42 Å². The minimum Gasteiger partial charge on any atom is -0.456 e. The maximum Gasteiger partial charge on any atom is 0.179 e. The zero-order valence-electron chi connectivity index (χ0n) is 40.9. The van der Waals surface area contributed by atoms with Gasteiger partial charge in [-0.15, -0.1) is 0 Å². The first kappa shape index (κ1) is 42.7. The van der Waals surface area contributed by atoms with Gasteiger partial charge in [-0.25, -0.2) is 0 Å². The van der Waals surface area contributed by atoms with Crippen molar-refractivity contribution in [2.75, 3.05) is 4.90 Å². The Balaban J connectivity index is 0.854. The Bertz CT molecular complexity index is 3720. The van der Waals surface area contributed by atoms with Gasteiger partial charge in [0.05, 0.1) is 0 Å². The number of hydrogen-bond donors (Lipinski definition) is 0. The number of anilines is 3. The van der Waals surface area contributed by atoms with Gasteiger partial charge in [-0.1, -0.05) is 188 Å². The van der Waals surface area contributed by atoms with E-state index in [1.165, 1.54) is 86.2 Å². The predicted molar refractivity (Wildman–Crippen MR) is 306 cm³/mol. The molecule has 11 aromatic rings. The molecule has 73 heavy (non-hydrogen) atoms. The van der Waals surface area contributed by atoms with Gasteiger partial charge >= 0.3 is 0 Å². The smallest absolute Gasteiger partial charge is 0.179 e. The van der Waals surface area contributed by atoms with Crippen LogP contribution in [0.1, 0.15) is 43.2 Å². The SMILES string of the molecule is c1ccc(-c2ccc(N(c3ccc([Si](c4ccccc4)(c4ccccc4)c4ccccc4)cc3)c3ccc4oc5ccc(-c6ccc7c(c6)-c6ccccc6C76C7CC8CC(C7)CC6C8)cc5c4c3)cc2)cc1. The van der Waals surface area contributed by atoms with E-state index in [0.717, 1.165) is 62.7 Å². The van der Waals surface area contributed by atoms with E-state index in [-0.39, 0.29) is 5.41 Å². The summed E-state index contributed by atoms with van der Waals surface area (Å²) in [5.41, 5.74) is 16.2. The van der Waals surface area contributed by atoms with E-state index in [2.05, 4.69) is 254 Å². The summed E-state index contributed by atoms with van der Waals surface area (Å²) < 4.78 is 6.67. The molecule has 0 atom stereocenters. The van der Waals surface area contributed by atoms with Crippen molar-refractivity contribution in [1.29, 1.82) is 0 Å². The highest BCUT2D eigenvalue weighted by Crippen LogP contribution is 2.69. The van der Waals surface area contributed by atoms with Crippen molar-refractivity contribution in [2.45, 2.75) is 37.5 Å². The molecule has 1 spiro atoms. The average Bonchev–Trinajstić information content (AvgIpc) is 3.97. The van der Waals surface area contributed by atoms with E-state index < -0.39 is 8.07 Å². The van der Waals surface area contributed by atoms with Crippen molar-refractivity contribution in [1.82, 2.24) is 0 Å². The molecule has 0 unspecified atom stereocenters. The number of hydrogen-bond acceptors (Lipinski definition) is 2. The summed E-state index contributed by atoms with van der Waals surface area (Å²) in [6.45, 7) is 0. The van der Waals surface area contributed by atoms with Gasteiger partial charge in [0.1, 0.15) is 11.2 Å². The monoisotopic (exact) mass is 953 g/mol. The first-order valence-corrected chi connectivity index (χ1v) is 28.6. The molecule has 350 valence electrons. The maximum atomic E-state index is 6.67. The van der Waals surface area contributed by atoms with E-state index >= 15 is 0 Å². The van der Waals surface area contributed by atoms with Gasteiger partial charge in [-0.2, -0.15) is 0 Å². The minimum atomic E-state index is -2.72. The molecule has 0 saturated heterocycles. The molecule has 0 N–H and O–H groups in total. The summed E-state index contributed by atoms with van der Waals surface area (Å²) >= 11 is 0. The molecular weight excluding hydrogens is 899 g/mol. The van der Waals surface area contributed by atoms with Gasteiger partial charge in [-0.05, 0) is 182 Å². The topological polar surface area (TPSA) is 16.4 Å². The van der Waals surface area contributed by atoms with E-state index in [9.17, 15) is 0 Å². The Morgan fingerprint density at radius 3 is 1.40 bits per heavy atom. The largest absolute Gasteiger partial charge is 0.456 e. The average molecular weight is 954 g/mol. The molecule has 4 bridgehead atoms. The molecule has 0 amide bonds. The van der Waals surface area contributed by atoms with Crippen molar-refractivity contribution in [3.8, 4) is 33.4 Å². The third kappa shape index (κ3) is 6.54. The fourth-order valence-electron chi connectivity index (χ4n) is 15.2. The molecule has 0 aliphatic heterocycles. The van der Waals surface area contributed by atoms with Crippen LogP contribution in [0.4, 0.5) is 17.1 Å². The molecule has 10 aromatic carbocycles. The summed E-state index contributed by atoms with van der Waals surface area (Å²) in [5, 5.41) is 7.67. The second-order valence-corrected chi connectivity index (χ2v) is 25.4. The van der Waals surface area contributed by atoms with E-state index in [1.54, 1.807) is 11.1 Å². The second kappa shape index (κ2) is 16.8. The van der Waals surface area contributed by atoms with Gasteiger partial charge in [0, 0.05) is 33.2 Å². The van der Waals surface area contributed by atoms with Crippen molar-refractivity contribution in [3.63, 3.8) is 0 Å². The summed E-state index contributed by atoms with van der Waals surface area (Å²) in [4.78, 5) is 2.41. The lowest BCUT2D eigenvalue weighted by Gasteiger charge is -2.61. The summed E-state index contributed by atoms with van der Waals surface area (Å²) in [6, 6.07) is 93.2. The highest BCUT2D eigenvalue weighted by atomic mass is 28.3. The van der Waals surface area contributed by atoms with E-state index in [1.807, 2.05) is 0 Å². The molecular formula is C70H55NOSi. The van der Waals surface area contributed by atoms with Crippen LogP contribution in [0.3, 0.4) is 0 Å². The van der Waals surface area contributed by atoms with Crippen LogP contribution in [-0.2, 0) is 5.41 Å². The summed E-state index contributed by atoms with van der Waals surface area (Å²) in [5.74, 6) is 3.37. The lowest BCUT2D eigenvalue weighted by Crippen LogP contribution is -2.74. The lowest BCUT2D eigenvalue weighted by molar-refractivity contribution is -0.0399. The van der Waals surface area contributed by atoms with Crippen molar-refractivity contribution in [3.05, 3.63) is 260 Å². The van der Waals surface area contributed by atoms with Gasteiger partial charge in [0.25, 0.3) is 0 Å². The van der Waals surface area contributed by atoms with Crippen LogP contribution >= 0.6 is 0 Å². The third-order valence-corrected chi connectivity index (χ3v) is 22.8. The standard InChI is InChI=1S/C70H55NOSi/c1-5-15-49(16-6-1)50-25-29-55(30-26-50)71(56-31-34-61(35-32-56)73(58-17-7-2-8-18-58,59-19-9-3-10-20-59)60-21-11-4-12-22-60)57-33-38-69-65(46-57)64-45-52(28-37-68(64)72-69)51-27-36-67-63(44-51)62-23-13-14-24-66(62)70(67)53-40-47-39-48(42-53)43-54(70)41-47/h1-38,44-48,53-54H,39-43H2. The quantitative estimate of drug-likeness (QED) is 0.106. The predicted octanol–water partition coefficient (Wildman–Crippen LogP) is 15.5. The Labute approximate surface area is 429 Å². The second-order valence-electron chi connectivity index (χ2n) is 21.6. The molecule has 0 radical (unpaired) electrons. The van der Waals surface area contributed by atoms with Crippen LogP contribution in [-0.4, -0.2) is 8.07 Å². The van der Waals surface area contributed by atoms with Crippen LogP contribution in [0.25, 0.3) is 55.3 Å². The zero-order valence-corrected chi connectivity index (χ0v) is 41.9. The highest BCUT2D eigenvalue weighted by Gasteiger charge is 2.61. The number of rotatable bonds is 9. The first-order chi connectivity index (χ1) is 36.1. The van der Waals surface area contributed by atoms with Gasteiger partial charge < -0.3 is 9.32 Å². The van der Waals surface area contributed by atoms with Crippen LogP contribution in [0.5, 0.6) is 0 Å². The Morgan fingerprint density at radius 2 is 0.781 bits per heavy atom. The molecule has 3 heteroatoms. The van der Waals surface area contributed by atoms with Crippen molar-refractivity contribution < 1.29 is 4.42 Å². The number of furan rings is 1. The summed E-state index contributed by atoms with van der Waals surface area (Å²) in [6.07, 6.45) is 7.06. The molecule has 1 aromatic heterocycles. The van der Waals surface area contributed by atoms with Crippen LogP contribution in [0.15, 0.2) is 253 Å². The van der Waals surface area contributed by atoms with Crippen molar-refractivity contribution >= 4 is 67.8 Å². The summed E-state index contributed by atoms with van der Waals surface area (Å²) in [7, 11) is -2.72. The number of nitrogens with zero attached hydrogens (tertiary/aromatic N) is 1. The number of fused-ring (bicyclic) bond motifs is 6. The molecule has 5 aliphatic rings. The van der Waals surface area contributed by atoms with Gasteiger partial charge in [0.2, 0.25) is 0 Å². The molecule has 2 nitrogen and oxygen atoms in total. The van der Waals surface area contributed by atoms with Crippen molar-refractivity contribution in [2.24, 2.45) is 23.7 Å². The highest BCUT2D eigenvalue weighted by molar-refractivity contribution is 7.19. The maximum absolute atomic E-state index is 6.67. The Kier molecular flexibility index (Phi) is 9.82. The van der Waals surface area contributed by atoms with Gasteiger partial charge in [-0.3, -0.25) is 0 Å². The Hall–Kier alpha value is -7.98. The minimum absolute atomic E-state index is 0.170. The van der Waals surface area contributed by atoms with E-state index in [0.29, 0.717) is 0 Å². The fraction of sp³-hybridized carbons (Fsp3) is 0.143. The lowest BCUT2D eigenvalue weighted by atomic mass is 9.43. The fourth-order valence-corrected chi connectivity index (χ4v) is 20.0.